The Balaban J connectivity index is 2.18. The van der Waals surface area contributed by atoms with E-state index in [0.717, 1.165) is 5.56 Å². The highest BCUT2D eigenvalue weighted by Gasteiger charge is 2.07. The predicted octanol–water partition coefficient (Wildman–Crippen LogP) is 4.77. The Morgan fingerprint density at radius 1 is 1.09 bits per heavy atom. The van der Waals surface area contributed by atoms with Gasteiger partial charge in [-0.05, 0) is 44.5 Å². The zero-order valence-electron chi connectivity index (χ0n) is 13.8. The van der Waals surface area contributed by atoms with Gasteiger partial charge in [0.1, 0.15) is 0 Å². The largest absolute Gasteiger partial charge is 0.490 e. The lowest BCUT2D eigenvalue weighted by Crippen LogP contribution is -2.07. The number of allylic oxidation sites excluding steroid dienone is 1. The Bertz CT molecular complexity index is 673. The van der Waals surface area contributed by atoms with E-state index < -0.39 is 0 Å². The third-order valence-electron chi connectivity index (χ3n) is 3.12. The summed E-state index contributed by atoms with van der Waals surface area (Å²) in [5.74, 6) is 1.38. The molecule has 0 atom stereocenters. The van der Waals surface area contributed by atoms with Crippen molar-refractivity contribution < 1.29 is 14.3 Å². The summed E-state index contributed by atoms with van der Waals surface area (Å²) in [6.45, 7) is 6.44. The average molecular weight is 310 g/mol. The number of benzene rings is 2. The quantitative estimate of drug-likeness (QED) is 0.546. The molecule has 0 amide bonds. The third-order valence-corrected chi connectivity index (χ3v) is 3.12. The molecular formula is C20H22O3. The smallest absolute Gasteiger partial charge is 0.185 e. The van der Waals surface area contributed by atoms with Crippen LogP contribution in [0.5, 0.6) is 11.5 Å². The standard InChI is InChI=1S/C20H22O3/c1-4-22-20-14-16(11-13-19(20)23-15(2)3)10-12-18(21)17-8-6-5-7-9-17/h5-15H,4H2,1-3H3/b12-10+. The zero-order chi connectivity index (χ0) is 16.7. The summed E-state index contributed by atoms with van der Waals surface area (Å²) in [5, 5.41) is 0. The summed E-state index contributed by atoms with van der Waals surface area (Å²) < 4.78 is 11.4. The minimum Gasteiger partial charge on any atom is -0.490 e. The molecule has 2 rings (SSSR count). The number of hydrogen-bond donors (Lipinski definition) is 0. The molecule has 3 nitrogen and oxygen atoms in total. The maximum absolute atomic E-state index is 12.1. The molecule has 0 unspecified atom stereocenters. The molecule has 0 fully saturated rings. The van der Waals surface area contributed by atoms with Crippen molar-refractivity contribution in [2.45, 2.75) is 26.9 Å². The van der Waals surface area contributed by atoms with Gasteiger partial charge in [0.2, 0.25) is 0 Å². The van der Waals surface area contributed by atoms with Gasteiger partial charge in [-0.15, -0.1) is 0 Å². The topological polar surface area (TPSA) is 35.5 Å². The van der Waals surface area contributed by atoms with Crippen molar-refractivity contribution in [2.24, 2.45) is 0 Å². The minimum absolute atomic E-state index is 0.0222. The van der Waals surface area contributed by atoms with Crippen molar-refractivity contribution >= 4 is 11.9 Å². The summed E-state index contributed by atoms with van der Waals surface area (Å²) in [6, 6.07) is 14.9. The van der Waals surface area contributed by atoms with Gasteiger partial charge in [0.05, 0.1) is 12.7 Å². The van der Waals surface area contributed by atoms with E-state index in [1.165, 1.54) is 0 Å². The highest BCUT2D eigenvalue weighted by Crippen LogP contribution is 2.29. The molecule has 2 aromatic rings. The van der Waals surface area contributed by atoms with Crippen molar-refractivity contribution in [3.63, 3.8) is 0 Å². The van der Waals surface area contributed by atoms with Crippen LogP contribution in [0.2, 0.25) is 0 Å². The number of hydrogen-bond acceptors (Lipinski definition) is 3. The lowest BCUT2D eigenvalue weighted by atomic mass is 10.1. The number of ether oxygens (including phenoxy) is 2. The van der Waals surface area contributed by atoms with Gasteiger partial charge < -0.3 is 9.47 Å². The van der Waals surface area contributed by atoms with E-state index in [-0.39, 0.29) is 11.9 Å². The lowest BCUT2D eigenvalue weighted by molar-refractivity contribution is 0.104. The third kappa shape index (κ3) is 4.99. The summed E-state index contributed by atoms with van der Waals surface area (Å²) in [5.41, 5.74) is 1.57. The van der Waals surface area contributed by atoms with Crippen LogP contribution >= 0.6 is 0 Å². The number of rotatable bonds is 7. The van der Waals surface area contributed by atoms with Gasteiger partial charge >= 0.3 is 0 Å². The summed E-state index contributed by atoms with van der Waals surface area (Å²) in [6.07, 6.45) is 3.44. The average Bonchev–Trinajstić information content (AvgIpc) is 2.55. The molecule has 0 aliphatic carbocycles. The maximum atomic E-state index is 12.1. The summed E-state index contributed by atoms with van der Waals surface area (Å²) >= 11 is 0. The van der Waals surface area contributed by atoms with E-state index in [9.17, 15) is 4.79 Å². The molecule has 120 valence electrons. The van der Waals surface area contributed by atoms with Gasteiger partial charge in [-0.1, -0.05) is 42.5 Å². The van der Waals surface area contributed by atoms with Gasteiger partial charge in [-0.25, -0.2) is 0 Å². The number of ketones is 1. The van der Waals surface area contributed by atoms with Crippen LogP contribution in [-0.4, -0.2) is 18.5 Å². The molecule has 0 aliphatic heterocycles. The Morgan fingerprint density at radius 2 is 1.83 bits per heavy atom. The molecule has 2 aromatic carbocycles. The van der Waals surface area contributed by atoms with Crippen LogP contribution in [0.4, 0.5) is 0 Å². The second kappa shape index (κ2) is 8.18. The van der Waals surface area contributed by atoms with E-state index in [1.54, 1.807) is 24.3 Å². The molecule has 0 heterocycles. The lowest BCUT2D eigenvalue weighted by Gasteiger charge is -2.14. The summed E-state index contributed by atoms with van der Waals surface area (Å²) in [7, 11) is 0. The minimum atomic E-state index is -0.0222. The first kappa shape index (κ1) is 16.8. The molecule has 3 heteroatoms. The van der Waals surface area contributed by atoms with Crippen molar-refractivity contribution in [3.8, 4) is 11.5 Å². The van der Waals surface area contributed by atoms with E-state index in [4.69, 9.17) is 9.47 Å². The van der Waals surface area contributed by atoms with Crippen LogP contribution in [0, 0.1) is 0 Å². The first-order valence-electron chi connectivity index (χ1n) is 7.81. The SMILES string of the molecule is CCOc1cc(/C=C/C(=O)c2ccccc2)ccc1OC(C)C. The predicted molar refractivity (Wildman–Crippen MR) is 93.2 cm³/mol. The zero-order valence-corrected chi connectivity index (χ0v) is 13.8. The molecular weight excluding hydrogens is 288 g/mol. The normalized spacial score (nSPS) is 11.0. The van der Waals surface area contributed by atoms with Gasteiger partial charge in [-0.3, -0.25) is 4.79 Å². The maximum Gasteiger partial charge on any atom is 0.185 e. The highest BCUT2D eigenvalue weighted by atomic mass is 16.5. The molecule has 0 saturated carbocycles. The summed E-state index contributed by atoms with van der Waals surface area (Å²) in [4.78, 5) is 12.1. The molecule has 0 aliphatic rings. The van der Waals surface area contributed by atoms with Crippen LogP contribution in [0.15, 0.2) is 54.6 Å². The fourth-order valence-corrected chi connectivity index (χ4v) is 2.12. The number of carbonyl (C=O) groups excluding carboxylic acids is 1. The first-order valence-corrected chi connectivity index (χ1v) is 7.81. The monoisotopic (exact) mass is 310 g/mol. The van der Waals surface area contributed by atoms with Crippen LogP contribution in [0.25, 0.3) is 6.08 Å². The van der Waals surface area contributed by atoms with E-state index in [0.29, 0.717) is 23.7 Å². The van der Waals surface area contributed by atoms with Crippen molar-refractivity contribution in [3.05, 3.63) is 65.7 Å². The van der Waals surface area contributed by atoms with Crippen LogP contribution in [0.3, 0.4) is 0 Å². The Morgan fingerprint density at radius 3 is 2.48 bits per heavy atom. The second-order valence-electron chi connectivity index (χ2n) is 5.37. The van der Waals surface area contributed by atoms with Crippen LogP contribution in [-0.2, 0) is 0 Å². The van der Waals surface area contributed by atoms with Crippen molar-refractivity contribution in [1.29, 1.82) is 0 Å². The fourth-order valence-electron chi connectivity index (χ4n) is 2.12. The van der Waals surface area contributed by atoms with Crippen molar-refractivity contribution in [2.75, 3.05) is 6.61 Å². The van der Waals surface area contributed by atoms with E-state index >= 15 is 0 Å². The Kier molecular flexibility index (Phi) is 5.98. The Labute approximate surface area is 137 Å². The van der Waals surface area contributed by atoms with Gasteiger partial charge in [0.15, 0.2) is 17.3 Å². The molecule has 0 radical (unpaired) electrons. The van der Waals surface area contributed by atoms with Gasteiger partial charge in [0, 0.05) is 5.56 Å². The fraction of sp³-hybridized carbons (Fsp3) is 0.250. The van der Waals surface area contributed by atoms with Gasteiger partial charge in [-0.2, -0.15) is 0 Å². The molecule has 23 heavy (non-hydrogen) atoms. The molecule has 0 aromatic heterocycles. The Hall–Kier alpha value is -2.55. The molecule has 0 bridgehead atoms. The van der Waals surface area contributed by atoms with E-state index in [1.807, 2.05) is 57.2 Å². The van der Waals surface area contributed by atoms with Gasteiger partial charge in [0.25, 0.3) is 0 Å². The van der Waals surface area contributed by atoms with Crippen LogP contribution in [0.1, 0.15) is 36.7 Å². The van der Waals surface area contributed by atoms with Crippen LogP contribution < -0.4 is 9.47 Å². The van der Waals surface area contributed by atoms with E-state index in [2.05, 4.69) is 0 Å². The highest BCUT2D eigenvalue weighted by molar-refractivity contribution is 6.06. The second-order valence-corrected chi connectivity index (χ2v) is 5.37. The molecule has 0 spiro atoms. The molecule has 0 N–H and O–H groups in total. The van der Waals surface area contributed by atoms with Crippen molar-refractivity contribution in [1.82, 2.24) is 0 Å². The number of carbonyl (C=O) groups is 1. The molecule has 0 saturated heterocycles. The first-order chi connectivity index (χ1) is 11.1.